The zero-order valence-corrected chi connectivity index (χ0v) is 11.9. The second kappa shape index (κ2) is 4.88. The van der Waals surface area contributed by atoms with Crippen molar-refractivity contribution in [3.63, 3.8) is 0 Å². The molecule has 2 nitrogen and oxygen atoms in total. The fourth-order valence-corrected chi connectivity index (χ4v) is 3.37. The number of nitrogens with zero attached hydrogens (tertiary/aromatic N) is 1. The van der Waals surface area contributed by atoms with Crippen LogP contribution in [-0.2, 0) is 19.4 Å². The third-order valence-corrected chi connectivity index (χ3v) is 4.36. The molecule has 1 aromatic heterocycles. The van der Waals surface area contributed by atoms with Crippen LogP contribution in [0.4, 0.5) is 0 Å². The van der Waals surface area contributed by atoms with E-state index in [4.69, 9.17) is 0 Å². The first kappa shape index (κ1) is 12.4. The van der Waals surface area contributed by atoms with E-state index in [0.29, 0.717) is 6.42 Å². The fourth-order valence-electron chi connectivity index (χ4n) is 3.37. The lowest BCUT2D eigenvalue weighted by molar-refractivity contribution is 0.0993. The minimum absolute atomic E-state index is 0.194. The number of aryl methyl sites for hydroxylation is 2. The molecule has 0 fully saturated rings. The summed E-state index contributed by atoms with van der Waals surface area (Å²) in [5.41, 5.74) is 4.70. The minimum atomic E-state index is 0.194. The van der Waals surface area contributed by atoms with Crippen LogP contribution >= 0.6 is 0 Å². The number of aromatic nitrogens is 1. The van der Waals surface area contributed by atoms with E-state index in [1.54, 1.807) is 0 Å². The molecule has 2 heteroatoms. The highest BCUT2D eigenvalue weighted by atomic mass is 16.1. The predicted molar refractivity (Wildman–Crippen MR) is 84.7 cm³/mol. The summed E-state index contributed by atoms with van der Waals surface area (Å²) in [7, 11) is 0. The van der Waals surface area contributed by atoms with E-state index < -0.39 is 0 Å². The third-order valence-electron chi connectivity index (χ3n) is 4.36. The first-order valence-electron chi connectivity index (χ1n) is 7.51. The molecule has 0 radical (unpaired) electrons. The van der Waals surface area contributed by atoms with Crippen LogP contribution in [0.3, 0.4) is 0 Å². The fraction of sp³-hybridized carbons (Fsp3) is 0.211. The number of carbonyl (C=O) groups excluding carboxylic acids is 1. The van der Waals surface area contributed by atoms with Crippen molar-refractivity contribution in [2.24, 2.45) is 0 Å². The first-order chi connectivity index (χ1) is 10.3. The van der Waals surface area contributed by atoms with Crippen molar-refractivity contribution in [1.29, 1.82) is 0 Å². The molecule has 0 bridgehead atoms. The van der Waals surface area contributed by atoms with Crippen molar-refractivity contribution >= 4 is 16.7 Å². The summed E-state index contributed by atoms with van der Waals surface area (Å²) in [5, 5.41) is 1.25. The van der Waals surface area contributed by atoms with Crippen LogP contribution in [0.2, 0.25) is 0 Å². The molecular weight excluding hydrogens is 258 g/mol. The summed E-state index contributed by atoms with van der Waals surface area (Å²) in [6.45, 7) is 1.06. The maximum absolute atomic E-state index is 12.4. The molecule has 104 valence electrons. The molecule has 2 heterocycles. The Balaban J connectivity index is 1.75. The van der Waals surface area contributed by atoms with Crippen LogP contribution in [0, 0.1) is 0 Å². The lowest BCUT2D eigenvalue weighted by atomic mass is 9.99. The van der Waals surface area contributed by atoms with Gasteiger partial charge in [-0.3, -0.25) is 4.79 Å². The Morgan fingerprint density at radius 2 is 1.90 bits per heavy atom. The van der Waals surface area contributed by atoms with Crippen LogP contribution < -0.4 is 0 Å². The molecule has 0 saturated carbocycles. The molecule has 21 heavy (non-hydrogen) atoms. The van der Waals surface area contributed by atoms with Crippen LogP contribution in [0.5, 0.6) is 0 Å². The van der Waals surface area contributed by atoms with Crippen LogP contribution in [0.15, 0.2) is 54.7 Å². The van der Waals surface area contributed by atoms with E-state index >= 15 is 0 Å². The Morgan fingerprint density at radius 1 is 1.05 bits per heavy atom. The van der Waals surface area contributed by atoms with Crippen molar-refractivity contribution in [3.8, 4) is 0 Å². The quantitative estimate of drug-likeness (QED) is 0.662. The van der Waals surface area contributed by atoms with Gasteiger partial charge in [0.25, 0.3) is 0 Å². The molecule has 0 amide bonds. The zero-order valence-electron chi connectivity index (χ0n) is 11.9. The van der Waals surface area contributed by atoms with Gasteiger partial charge >= 0.3 is 0 Å². The van der Waals surface area contributed by atoms with E-state index in [-0.39, 0.29) is 5.78 Å². The highest BCUT2D eigenvalue weighted by molar-refractivity contribution is 6.00. The Labute approximate surface area is 124 Å². The molecule has 1 aliphatic rings. The number of rotatable bonds is 3. The molecular formula is C19H17NO. The van der Waals surface area contributed by atoms with Gasteiger partial charge in [-0.2, -0.15) is 0 Å². The third kappa shape index (κ3) is 2.07. The smallest absolute Gasteiger partial charge is 0.167 e. The summed E-state index contributed by atoms with van der Waals surface area (Å²) in [5.74, 6) is 0.194. The number of Topliss-reactive ketones (excluding diaryl/α,β-unsaturated/α-hetero) is 1. The lowest BCUT2D eigenvalue weighted by Gasteiger charge is -2.14. The lowest BCUT2D eigenvalue weighted by Crippen LogP contribution is -2.05. The molecule has 0 N–H and O–H groups in total. The van der Waals surface area contributed by atoms with Crippen LogP contribution in [0.25, 0.3) is 10.9 Å². The Hall–Kier alpha value is -2.35. The molecule has 4 rings (SSSR count). The second-order valence-corrected chi connectivity index (χ2v) is 5.73. The van der Waals surface area contributed by atoms with Gasteiger partial charge in [0.05, 0.1) is 5.52 Å². The molecule has 3 aromatic rings. The average Bonchev–Trinajstić information content (AvgIpc) is 2.89. The van der Waals surface area contributed by atoms with Gasteiger partial charge in [-0.1, -0.05) is 48.5 Å². The maximum Gasteiger partial charge on any atom is 0.167 e. The molecule has 0 unspecified atom stereocenters. The van der Waals surface area contributed by atoms with E-state index in [2.05, 4.69) is 29.0 Å². The summed E-state index contributed by atoms with van der Waals surface area (Å²) in [6.07, 6.45) is 4.99. The average molecular weight is 275 g/mol. The molecule has 1 aliphatic heterocycles. The topological polar surface area (TPSA) is 22.0 Å². The van der Waals surface area contributed by atoms with Gasteiger partial charge in [0, 0.05) is 30.1 Å². The normalized spacial score (nSPS) is 13.5. The number of para-hydroxylation sites is 1. The summed E-state index contributed by atoms with van der Waals surface area (Å²) in [6, 6.07) is 16.0. The molecule has 0 aliphatic carbocycles. The van der Waals surface area contributed by atoms with E-state index in [1.165, 1.54) is 22.9 Å². The van der Waals surface area contributed by atoms with Gasteiger partial charge in [0.2, 0.25) is 0 Å². The zero-order chi connectivity index (χ0) is 14.2. The maximum atomic E-state index is 12.4. The van der Waals surface area contributed by atoms with Gasteiger partial charge in [0.1, 0.15) is 0 Å². The van der Waals surface area contributed by atoms with Crippen molar-refractivity contribution in [3.05, 3.63) is 71.4 Å². The van der Waals surface area contributed by atoms with Crippen molar-refractivity contribution in [2.45, 2.75) is 25.8 Å². The number of hydrogen-bond acceptors (Lipinski definition) is 1. The molecule has 0 atom stereocenters. The van der Waals surface area contributed by atoms with Gasteiger partial charge in [0.15, 0.2) is 5.78 Å². The monoisotopic (exact) mass is 275 g/mol. The minimum Gasteiger partial charge on any atom is -0.347 e. The van der Waals surface area contributed by atoms with Gasteiger partial charge in [-0.15, -0.1) is 0 Å². The van der Waals surface area contributed by atoms with Crippen molar-refractivity contribution < 1.29 is 4.79 Å². The van der Waals surface area contributed by atoms with Gasteiger partial charge in [-0.05, 0) is 24.0 Å². The van der Waals surface area contributed by atoms with Crippen LogP contribution in [-0.4, -0.2) is 10.4 Å². The van der Waals surface area contributed by atoms with Gasteiger partial charge < -0.3 is 4.57 Å². The largest absolute Gasteiger partial charge is 0.347 e. The Kier molecular flexibility index (Phi) is 2.88. The number of ketones is 1. The number of hydrogen-bond donors (Lipinski definition) is 0. The second-order valence-electron chi connectivity index (χ2n) is 5.73. The molecule has 0 saturated heterocycles. The van der Waals surface area contributed by atoms with E-state index in [9.17, 15) is 4.79 Å². The molecule has 2 aromatic carbocycles. The van der Waals surface area contributed by atoms with Crippen molar-refractivity contribution in [2.75, 3.05) is 0 Å². The highest BCUT2D eigenvalue weighted by Gasteiger charge is 2.17. The van der Waals surface area contributed by atoms with Crippen molar-refractivity contribution in [1.82, 2.24) is 4.57 Å². The number of carbonyl (C=O) groups is 1. The first-order valence-corrected chi connectivity index (χ1v) is 7.51. The van der Waals surface area contributed by atoms with Crippen LogP contribution in [0.1, 0.15) is 27.9 Å². The Morgan fingerprint density at radius 3 is 2.76 bits per heavy atom. The number of benzene rings is 2. The van der Waals surface area contributed by atoms with Gasteiger partial charge in [-0.25, -0.2) is 0 Å². The predicted octanol–water partition coefficient (Wildman–Crippen LogP) is 4.01. The summed E-state index contributed by atoms with van der Waals surface area (Å²) in [4.78, 5) is 12.4. The SMILES string of the molecule is O=C(Cc1cn2c3c(cccc13)CCC2)c1ccccc1. The molecule has 0 spiro atoms. The Bertz CT molecular complexity index is 814. The van der Waals surface area contributed by atoms with E-state index in [0.717, 1.165) is 24.1 Å². The summed E-state index contributed by atoms with van der Waals surface area (Å²) >= 11 is 0. The highest BCUT2D eigenvalue weighted by Crippen LogP contribution is 2.30. The standard InChI is InChI=1S/C19H17NO/c21-18(14-6-2-1-3-7-14)12-16-13-20-11-5-9-15-8-4-10-17(16)19(15)20/h1-4,6-8,10,13H,5,9,11-12H2. The summed E-state index contributed by atoms with van der Waals surface area (Å²) < 4.78 is 2.32. The van der Waals surface area contributed by atoms with E-state index in [1.807, 2.05) is 30.3 Å².